The highest BCUT2D eigenvalue weighted by atomic mass is 16.3. The third-order valence-corrected chi connectivity index (χ3v) is 4.00. The van der Waals surface area contributed by atoms with Crippen LogP contribution in [0.1, 0.15) is 35.4 Å². The Bertz CT molecular complexity index is 937. The SMILES string of the molecule is CC(CC(O)c1ccccc1)NC(=O)c1cnc2ccccn2c1=O. The van der Waals surface area contributed by atoms with Gasteiger partial charge in [-0.15, -0.1) is 0 Å². The predicted octanol–water partition coefficient (Wildman–Crippen LogP) is 1.94. The van der Waals surface area contributed by atoms with Gasteiger partial charge in [0.2, 0.25) is 0 Å². The number of benzene rings is 1. The lowest BCUT2D eigenvalue weighted by Crippen LogP contribution is -2.37. The van der Waals surface area contributed by atoms with Crippen molar-refractivity contribution in [2.45, 2.75) is 25.5 Å². The Hall–Kier alpha value is -2.99. The maximum Gasteiger partial charge on any atom is 0.270 e. The van der Waals surface area contributed by atoms with E-state index in [0.717, 1.165) is 5.56 Å². The first-order chi connectivity index (χ1) is 12.1. The summed E-state index contributed by atoms with van der Waals surface area (Å²) in [4.78, 5) is 28.9. The predicted molar refractivity (Wildman–Crippen MR) is 94.4 cm³/mol. The number of hydrogen-bond donors (Lipinski definition) is 2. The fraction of sp³-hybridized carbons (Fsp3) is 0.211. The molecule has 2 N–H and O–H groups in total. The average molecular weight is 337 g/mol. The van der Waals surface area contributed by atoms with Crippen molar-refractivity contribution >= 4 is 11.6 Å². The molecule has 0 saturated heterocycles. The summed E-state index contributed by atoms with van der Waals surface area (Å²) in [5.41, 5.74) is 0.830. The van der Waals surface area contributed by atoms with Crippen LogP contribution in [-0.2, 0) is 0 Å². The summed E-state index contributed by atoms with van der Waals surface area (Å²) >= 11 is 0. The van der Waals surface area contributed by atoms with Crippen LogP contribution in [0.3, 0.4) is 0 Å². The molecular weight excluding hydrogens is 318 g/mol. The van der Waals surface area contributed by atoms with Crippen molar-refractivity contribution in [3.8, 4) is 0 Å². The highest BCUT2D eigenvalue weighted by Gasteiger charge is 2.18. The normalized spacial score (nSPS) is 13.4. The van der Waals surface area contributed by atoms with Crippen LogP contribution >= 0.6 is 0 Å². The molecule has 0 radical (unpaired) electrons. The molecule has 0 spiro atoms. The lowest BCUT2D eigenvalue weighted by molar-refractivity contribution is 0.0915. The molecule has 2 aromatic heterocycles. The second kappa shape index (κ2) is 7.27. The van der Waals surface area contributed by atoms with Gasteiger partial charge in [0, 0.05) is 18.4 Å². The van der Waals surface area contributed by atoms with Crippen molar-refractivity contribution in [1.29, 1.82) is 0 Å². The van der Waals surface area contributed by atoms with Gasteiger partial charge in [-0.3, -0.25) is 14.0 Å². The molecule has 0 saturated carbocycles. The van der Waals surface area contributed by atoms with Crippen LogP contribution < -0.4 is 10.9 Å². The highest BCUT2D eigenvalue weighted by molar-refractivity contribution is 5.93. The van der Waals surface area contributed by atoms with Crippen molar-refractivity contribution in [2.24, 2.45) is 0 Å². The minimum absolute atomic E-state index is 0.0234. The second-order valence-electron chi connectivity index (χ2n) is 5.94. The Kier molecular flexibility index (Phi) is 4.90. The van der Waals surface area contributed by atoms with E-state index in [4.69, 9.17) is 0 Å². The quantitative estimate of drug-likeness (QED) is 0.745. The molecule has 6 nitrogen and oxygen atoms in total. The van der Waals surface area contributed by atoms with Gasteiger partial charge in [0.1, 0.15) is 11.2 Å². The van der Waals surface area contributed by atoms with E-state index < -0.39 is 17.6 Å². The maximum absolute atomic E-state index is 12.4. The minimum Gasteiger partial charge on any atom is -0.388 e. The molecule has 2 atom stereocenters. The van der Waals surface area contributed by atoms with Gasteiger partial charge in [-0.1, -0.05) is 36.4 Å². The number of carbonyl (C=O) groups is 1. The van der Waals surface area contributed by atoms with E-state index in [1.807, 2.05) is 30.3 Å². The van der Waals surface area contributed by atoms with Gasteiger partial charge in [0.15, 0.2) is 0 Å². The molecule has 3 aromatic rings. The third-order valence-electron chi connectivity index (χ3n) is 4.00. The van der Waals surface area contributed by atoms with Crippen LogP contribution in [0.15, 0.2) is 65.7 Å². The van der Waals surface area contributed by atoms with Crippen molar-refractivity contribution in [1.82, 2.24) is 14.7 Å². The van der Waals surface area contributed by atoms with Gasteiger partial charge in [-0.2, -0.15) is 0 Å². The van der Waals surface area contributed by atoms with E-state index >= 15 is 0 Å². The number of fused-ring (bicyclic) bond motifs is 1. The summed E-state index contributed by atoms with van der Waals surface area (Å²) in [6, 6.07) is 14.1. The van der Waals surface area contributed by atoms with Gasteiger partial charge < -0.3 is 10.4 Å². The molecule has 1 aromatic carbocycles. The molecule has 0 aliphatic carbocycles. The van der Waals surface area contributed by atoms with Crippen molar-refractivity contribution in [3.05, 3.63) is 82.4 Å². The van der Waals surface area contributed by atoms with E-state index in [1.54, 1.807) is 31.3 Å². The number of rotatable bonds is 5. The first kappa shape index (κ1) is 16.9. The zero-order chi connectivity index (χ0) is 17.8. The Balaban J connectivity index is 1.72. The van der Waals surface area contributed by atoms with Crippen LogP contribution in [0, 0.1) is 0 Å². The lowest BCUT2D eigenvalue weighted by Gasteiger charge is -2.18. The van der Waals surface area contributed by atoms with E-state index in [9.17, 15) is 14.7 Å². The number of amides is 1. The number of pyridine rings is 1. The van der Waals surface area contributed by atoms with Crippen LogP contribution in [0.4, 0.5) is 0 Å². The maximum atomic E-state index is 12.4. The van der Waals surface area contributed by atoms with Gasteiger partial charge >= 0.3 is 0 Å². The number of carbonyl (C=O) groups excluding carboxylic acids is 1. The molecule has 0 aliphatic heterocycles. The van der Waals surface area contributed by atoms with E-state index in [2.05, 4.69) is 10.3 Å². The Morgan fingerprint density at radius 2 is 1.92 bits per heavy atom. The Morgan fingerprint density at radius 3 is 2.68 bits per heavy atom. The fourth-order valence-corrected chi connectivity index (χ4v) is 2.69. The van der Waals surface area contributed by atoms with Gasteiger partial charge in [-0.25, -0.2) is 4.98 Å². The van der Waals surface area contributed by atoms with Crippen molar-refractivity contribution in [3.63, 3.8) is 0 Å². The molecule has 2 heterocycles. The number of nitrogens with one attached hydrogen (secondary N) is 1. The fourth-order valence-electron chi connectivity index (χ4n) is 2.69. The zero-order valence-corrected chi connectivity index (χ0v) is 13.8. The van der Waals surface area contributed by atoms with Gasteiger partial charge in [0.25, 0.3) is 11.5 Å². The van der Waals surface area contributed by atoms with Crippen molar-refractivity contribution in [2.75, 3.05) is 0 Å². The second-order valence-corrected chi connectivity index (χ2v) is 5.94. The number of aromatic nitrogens is 2. The van der Waals surface area contributed by atoms with Crippen LogP contribution in [0.25, 0.3) is 5.65 Å². The van der Waals surface area contributed by atoms with E-state index in [-0.39, 0.29) is 11.6 Å². The summed E-state index contributed by atoms with van der Waals surface area (Å²) in [5.74, 6) is -0.497. The molecule has 6 heteroatoms. The van der Waals surface area contributed by atoms with Gasteiger partial charge in [-0.05, 0) is 31.0 Å². The van der Waals surface area contributed by atoms with E-state index in [1.165, 1.54) is 10.6 Å². The van der Waals surface area contributed by atoms with Crippen LogP contribution in [0.5, 0.6) is 0 Å². The van der Waals surface area contributed by atoms with Gasteiger partial charge in [0.05, 0.1) is 6.10 Å². The molecule has 0 bridgehead atoms. The molecule has 2 unspecified atom stereocenters. The van der Waals surface area contributed by atoms with Crippen LogP contribution in [-0.4, -0.2) is 26.4 Å². The largest absolute Gasteiger partial charge is 0.388 e. The van der Waals surface area contributed by atoms with Crippen LogP contribution in [0.2, 0.25) is 0 Å². The van der Waals surface area contributed by atoms with Crippen molar-refractivity contribution < 1.29 is 9.90 Å². The lowest BCUT2D eigenvalue weighted by atomic mass is 10.0. The Labute approximate surface area is 144 Å². The molecule has 1 amide bonds. The van der Waals surface area contributed by atoms with E-state index in [0.29, 0.717) is 12.1 Å². The monoisotopic (exact) mass is 337 g/mol. The smallest absolute Gasteiger partial charge is 0.270 e. The first-order valence-electron chi connectivity index (χ1n) is 8.06. The summed E-state index contributed by atoms with van der Waals surface area (Å²) in [6.45, 7) is 1.79. The molecule has 25 heavy (non-hydrogen) atoms. The summed E-state index contributed by atoms with van der Waals surface area (Å²) in [6.07, 6.45) is 2.52. The molecular formula is C19H19N3O3. The third kappa shape index (κ3) is 3.75. The molecule has 3 rings (SSSR count). The number of hydrogen-bond acceptors (Lipinski definition) is 4. The Morgan fingerprint density at radius 1 is 1.20 bits per heavy atom. The molecule has 0 aliphatic rings. The summed E-state index contributed by atoms with van der Waals surface area (Å²) in [7, 11) is 0. The molecule has 128 valence electrons. The number of nitrogens with zero attached hydrogens (tertiary/aromatic N) is 2. The zero-order valence-electron chi connectivity index (χ0n) is 13.8. The number of aliphatic hydroxyl groups is 1. The standard InChI is InChI=1S/C19H19N3O3/c1-13(11-16(23)14-7-3-2-4-8-14)21-18(24)15-12-20-17-9-5-6-10-22(17)19(15)25/h2-10,12-13,16,23H,11H2,1H3,(H,21,24). The summed E-state index contributed by atoms with van der Waals surface area (Å²) in [5, 5.41) is 13.0. The number of aliphatic hydroxyl groups excluding tert-OH is 1. The summed E-state index contributed by atoms with van der Waals surface area (Å²) < 4.78 is 1.33. The minimum atomic E-state index is -0.688. The average Bonchev–Trinajstić information content (AvgIpc) is 2.62. The topological polar surface area (TPSA) is 83.7 Å². The molecule has 0 fully saturated rings. The first-order valence-corrected chi connectivity index (χ1v) is 8.06. The highest BCUT2D eigenvalue weighted by Crippen LogP contribution is 2.17.